The predicted molar refractivity (Wildman–Crippen MR) is 110 cm³/mol. The zero-order valence-electron chi connectivity index (χ0n) is 14.7. The van der Waals surface area contributed by atoms with Crippen LogP contribution in [0.1, 0.15) is 32.3 Å². The van der Waals surface area contributed by atoms with E-state index in [1.165, 1.54) is 16.2 Å². The topological polar surface area (TPSA) is 66.7 Å². The Morgan fingerprint density at radius 1 is 1.27 bits per heavy atom. The normalized spacial score (nSPS) is 16.1. The van der Waals surface area contributed by atoms with Crippen molar-refractivity contribution in [3.63, 3.8) is 0 Å². The summed E-state index contributed by atoms with van der Waals surface area (Å²) in [5.74, 6) is 0.338. The molecule has 2 aromatic heterocycles. The Kier molecular flexibility index (Phi) is 5.73. The zero-order chi connectivity index (χ0) is 18.7. The molecule has 1 fully saturated rings. The van der Waals surface area contributed by atoms with Crippen LogP contribution in [0.5, 0.6) is 0 Å². The van der Waals surface area contributed by atoms with E-state index in [9.17, 15) is 9.59 Å². The highest BCUT2D eigenvalue weighted by Gasteiger charge is 2.31. The van der Waals surface area contributed by atoms with Crippen molar-refractivity contribution in [3.8, 4) is 0 Å². The van der Waals surface area contributed by atoms with E-state index >= 15 is 0 Å². The highest BCUT2D eigenvalue weighted by Crippen LogP contribution is 2.33. The van der Waals surface area contributed by atoms with Crippen molar-refractivity contribution in [2.75, 3.05) is 18.4 Å². The van der Waals surface area contributed by atoms with E-state index in [2.05, 4.69) is 10.3 Å². The number of pyridine rings is 1. The lowest BCUT2D eigenvalue weighted by Gasteiger charge is -2.12. The van der Waals surface area contributed by atoms with E-state index in [4.69, 9.17) is 12.2 Å². The van der Waals surface area contributed by atoms with Gasteiger partial charge in [0.05, 0.1) is 10.5 Å². The second-order valence-electron chi connectivity index (χ2n) is 5.87. The molecule has 0 bridgehead atoms. The summed E-state index contributed by atoms with van der Waals surface area (Å²) in [7, 11) is 0. The molecule has 0 unspecified atom stereocenters. The van der Waals surface area contributed by atoms with Crippen LogP contribution in [-0.2, 0) is 4.79 Å². The highest BCUT2D eigenvalue weighted by molar-refractivity contribution is 8.26. The minimum Gasteiger partial charge on any atom is -0.369 e. The molecular weight excluding hydrogens is 368 g/mol. The Morgan fingerprint density at radius 2 is 2.08 bits per heavy atom. The number of thiocarbonyl (C=S) groups is 1. The van der Waals surface area contributed by atoms with Gasteiger partial charge in [0.15, 0.2) is 0 Å². The molecule has 1 amide bonds. The van der Waals surface area contributed by atoms with Gasteiger partial charge in [-0.3, -0.25) is 18.9 Å². The molecule has 26 heavy (non-hydrogen) atoms. The van der Waals surface area contributed by atoms with Gasteiger partial charge in [-0.25, -0.2) is 4.98 Å². The fourth-order valence-electron chi connectivity index (χ4n) is 2.66. The third-order valence-electron chi connectivity index (χ3n) is 3.91. The molecule has 2 aromatic rings. The summed E-state index contributed by atoms with van der Waals surface area (Å²) in [6, 6.07) is 5.39. The minimum absolute atomic E-state index is 0.152. The molecule has 0 aromatic carbocycles. The Hall–Kier alpha value is -2.19. The van der Waals surface area contributed by atoms with Crippen LogP contribution < -0.4 is 10.9 Å². The van der Waals surface area contributed by atoms with Gasteiger partial charge in [-0.15, -0.1) is 0 Å². The number of hydrogen-bond donors (Lipinski definition) is 1. The van der Waals surface area contributed by atoms with Crippen molar-refractivity contribution in [2.45, 2.75) is 26.7 Å². The monoisotopic (exact) mass is 388 g/mol. The average molecular weight is 389 g/mol. The van der Waals surface area contributed by atoms with Crippen molar-refractivity contribution in [1.82, 2.24) is 14.3 Å². The van der Waals surface area contributed by atoms with Crippen LogP contribution in [0.2, 0.25) is 0 Å². The molecule has 1 aliphatic heterocycles. The maximum absolute atomic E-state index is 13.0. The van der Waals surface area contributed by atoms with Crippen LogP contribution in [0, 0.1) is 0 Å². The standard InChI is InChI=1S/C18H20N4O2S2/c1-3-8-19-15-12(16(23)21-10-6-5-7-14(21)20-15)11-13-17(24)22(9-4-2)18(25)26-13/h5-7,10-11,19H,3-4,8-9H2,1-2H3. The fourth-order valence-corrected chi connectivity index (χ4v) is 3.95. The molecule has 0 aliphatic carbocycles. The van der Waals surface area contributed by atoms with Gasteiger partial charge in [-0.05, 0) is 31.1 Å². The maximum Gasteiger partial charge on any atom is 0.267 e. The molecule has 0 saturated carbocycles. The molecule has 8 heteroatoms. The zero-order valence-corrected chi connectivity index (χ0v) is 16.3. The lowest BCUT2D eigenvalue weighted by molar-refractivity contribution is -0.122. The number of nitrogens with one attached hydrogen (secondary N) is 1. The molecule has 0 spiro atoms. The van der Waals surface area contributed by atoms with Gasteiger partial charge in [-0.1, -0.05) is 43.9 Å². The summed E-state index contributed by atoms with van der Waals surface area (Å²) in [5, 5.41) is 3.20. The number of aromatic nitrogens is 2. The van der Waals surface area contributed by atoms with Crippen molar-refractivity contribution in [1.29, 1.82) is 0 Å². The number of rotatable bonds is 6. The van der Waals surface area contributed by atoms with Gasteiger partial charge in [0, 0.05) is 19.3 Å². The quantitative estimate of drug-likeness (QED) is 0.606. The SMILES string of the molecule is CCCNc1nc2ccccn2c(=O)c1C=C1SC(=S)N(CCC)C1=O. The Morgan fingerprint density at radius 3 is 2.81 bits per heavy atom. The molecule has 3 heterocycles. The molecule has 0 radical (unpaired) electrons. The van der Waals surface area contributed by atoms with Gasteiger partial charge in [0.2, 0.25) is 0 Å². The molecular formula is C18H20N4O2S2. The summed E-state index contributed by atoms with van der Waals surface area (Å²) < 4.78 is 2.01. The van der Waals surface area contributed by atoms with Gasteiger partial charge in [0.1, 0.15) is 15.8 Å². The second-order valence-corrected chi connectivity index (χ2v) is 7.54. The van der Waals surface area contributed by atoms with Crippen molar-refractivity contribution >= 4 is 51.7 Å². The first-order chi connectivity index (χ1) is 12.6. The summed E-state index contributed by atoms with van der Waals surface area (Å²) in [6.07, 6.45) is 5.01. The summed E-state index contributed by atoms with van der Waals surface area (Å²) in [4.78, 5) is 32.2. The van der Waals surface area contributed by atoms with Gasteiger partial charge in [-0.2, -0.15) is 0 Å². The summed E-state index contributed by atoms with van der Waals surface area (Å²) in [6.45, 7) is 5.30. The third-order valence-corrected chi connectivity index (χ3v) is 5.29. The molecule has 3 rings (SSSR count). The van der Waals surface area contributed by atoms with Gasteiger partial charge < -0.3 is 5.32 Å². The van der Waals surface area contributed by atoms with Crippen LogP contribution in [0.3, 0.4) is 0 Å². The van der Waals surface area contributed by atoms with Gasteiger partial charge in [0.25, 0.3) is 11.5 Å². The molecule has 1 aliphatic rings. The lowest BCUT2D eigenvalue weighted by atomic mass is 10.2. The van der Waals surface area contributed by atoms with E-state index < -0.39 is 0 Å². The third kappa shape index (κ3) is 3.52. The van der Waals surface area contributed by atoms with Crippen LogP contribution in [0.25, 0.3) is 11.7 Å². The second kappa shape index (κ2) is 8.01. The van der Waals surface area contributed by atoms with Crippen LogP contribution in [-0.4, -0.2) is 37.6 Å². The molecule has 1 saturated heterocycles. The van der Waals surface area contributed by atoms with Gasteiger partial charge >= 0.3 is 0 Å². The van der Waals surface area contributed by atoms with E-state index in [0.717, 1.165) is 12.8 Å². The smallest absolute Gasteiger partial charge is 0.267 e. The molecule has 136 valence electrons. The largest absolute Gasteiger partial charge is 0.369 e. The van der Waals surface area contributed by atoms with Crippen molar-refractivity contribution < 1.29 is 4.79 Å². The van der Waals surface area contributed by atoms with Crippen LogP contribution in [0.15, 0.2) is 34.1 Å². The van der Waals surface area contributed by atoms with E-state index in [1.807, 2.05) is 19.9 Å². The maximum atomic E-state index is 13.0. The number of fused-ring (bicyclic) bond motifs is 1. The number of nitrogens with zero attached hydrogens (tertiary/aromatic N) is 3. The lowest BCUT2D eigenvalue weighted by Crippen LogP contribution is -2.28. The van der Waals surface area contributed by atoms with Crippen LogP contribution in [0.4, 0.5) is 5.82 Å². The molecule has 6 nitrogen and oxygen atoms in total. The Bertz CT molecular complexity index is 952. The van der Waals surface area contributed by atoms with Crippen LogP contribution >= 0.6 is 24.0 Å². The summed E-state index contributed by atoms with van der Waals surface area (Å²) >= 11 is 6.53. The Balaban J connectivity index is 2.11. The number of hydrogen-bond acceptors (Lipinski definition) is 6. The van der Waals surface area contributed by atoms with Crippen molar-refractivity contribution in [3.05, 3.63) is 45.2 Å². The molecule has 1 N–H and O–H groups in total. The number of thioether (sulfide) groups is 1. The number of carbonyl (C=O) groups excluding carboxylic acids is 1. The Labute approximate surface area is 161 Å². The number of amides is 1. The molecule has 0 atom stereocenters. The first-order valence-electron chi connectivity index (χ1n) is 8.57. The first-order valence-corrected chi connectivity index (χ1v) is 9.80. The fraction of sp³-hybridized carbons (Fsp3) is 0.333. The number of carbonyl (C=O) groups is 1. The van der Waals surface area contributed by atoms with Crippen molar-refractivity contribution in [2.24, 2.45) is 0 Å². The van der Waals surface area contributed by atoms with E-state index in [-0.39, 0.29) is 11.5 Å². The predicted octanol–water partition coefficient (Wildman–Crippen LogP) is 3.13. The van der Waals surface area contributed by atoms with E-state index in [1.54, 1.807) is 29.3 Å². The number of anilines is 1. The summed E-state index contributed by atoms with van der Waals surface area (Å²) in [5.41, 5.74) is 0.723. The highest BCUT2D eigenvalue weighted by atomic mass is 32.2. The first kappa shape index (κ1) is 18.6. The van der Waals surface area contributed by atoms with E-state index in [0.29, 0.717) is 39.3 Å². The minimum atomic E-state index is -0.213. The average Bonchev–Trinajstić information content (AvgIpc) is 2.90.